The Morgan fingerprint density at radius 3 is 2.86 bits per heavy atom. The number of aliphatic hydroxyl groups is 1. The highest BCUT2D eigenvalue weighted by Crippen LogP contribution is 2.36. The van der Waals surface area contributed by atoms with Crippen LogP contribution >= 0.6 is 11.3 Å². The smallest absolute Gasteiger partial charge is 0.261 e. The largest absolute Gasteiger partial charge is 0.489 e. The fraction of sp³-hybridized carbons (Fsp3) is 0.350. The van der Waals surface area contributed by atoms with Crippen molar-refractivity contribution >= 4 is 39.0 Å². The average molecular weight is 418 g/mol. The molecule has 3 aromatic rings. The third kappa shape index (κ3) is 4.80. The van der Waals surface area contributed by atoms with Crippen LogP contribution in [0.5, 0.6) is 5.75 Å². The van der Waals surface area contributed by atoms with E-state index in [1.165, 1.54) is 29.8 Å². The van der Waals surface area contributed by atoms with E-state index in [1.54, 1.807) is 6.07 Å². The summed E-state index contributed by atoms with van der Waals surface area (Å²) in [5, 5.41) is 15.6. The molecule has 9 heteroatoms. The first-order valence-electron chi connectivity index (χ1n) is 9.27. The third-order valence-electron chi connectivity index (χ3n) is 4.11. The second-order valence-electron chi connectivity index (χ2n) is 6.72. The highest BCUT2D eigenvalue weighted by Gasteiger charge is 2.20. The maximum atomic E-state index is 13.7. The van der Waals surface area contributed by atoms with Crippen LogP contribution in [0.2, 0.25) is 0 Å². The lowest BCUT2D eigenvalue weighted by Gasteiger charge is -2.15. The zero-order chi connectivity index (χ0) is 21.0. The number of nitrogens with zero attached hydrogens (tertiary/aromatic N) is 2. The van der Waals surface area contributed by atoms with E-state index in [4.69, 9.17) is 9.84 Å². The van der Waals surface area contributed by atoms with Crippen molar-refractivity contribution < 1.29 is 19.0 Å². The summed E-state index contributed by atoms with van der Waals surface area (Å²) >= 11 is 1.28. The van der Waals surface area contributed by atoms with Crippen LogP contribution in [-0.4, -0.2) is 40.2 Å². The first-order chi connectivity index (χ1) is 13.9. The summed E-state index contributed by atoms with van der Waals surface area (Å²) in [7, 11) is 0. The molecule has 0 spiro atoms. The molecule has 1 amide bonds. The quantitative estimate of drug-likeness (QED) is 0.482. The number of rotatable bonds is 8. The van der Waals surface area contributed by atoms with Gasteiger partial charge in [0, 0.05) is 19.2 Å². The predicted octanol–water partition coefficient (Wildman–Crippen LogP) is 3.78. The molecule has 0 aliphatic carbocycles. The Balaban J connectivity index is 1.96. The fourth-order valence-corrected chi connectivity index (χ4v) is 3.89. The molecule has 0 saturated carbocycles. The van der Waals surface area contributed by atoms with Crippen LogP contribution < -0.4 is 15.4 Å². The molecule has 0 aliphatic rings. The maximum absolute atomic E-state index is 13.7. The van der Waals surface area contributed by atoms with Crippen molar-refractivity contribution in [3.05, 3.63) is 40.8 Å². The fourth-order valence-electron chi connectivity index (χ4n) is 2.82. The number of ether oxygens (including phenoxy) is 1. The molecular formula is C20H23FN4O3S. The van der Waals surface area contributed by atoms with E-state index in [0.29, 0.717) is 39.9 Å². The van der Waals surface area contributed by atoms with Crippen molar-refractivity contribution in [3.63, 3.8) is 0 Å². The Kier molecular flexibility index (Phi) is 6.60. The number of fused-ring (bicyclic) bond motifs is 1. The number of hydrogen-bond donors (Lipinski definition) is 3. The number of carbonyl (C=O) groups is 1. The zero-order valence-corrected chi connectivity index (χ0v) is 17.3. The Morgan fingerprint density at radius 1 is 1.34 bits per heavy atom. The van der Waals surface area contributed by atoms with Gasteiger partial charge in [0.1, 0.15) is 28.5 Å². The van der Waals surface area contributed by atoms with Crippen molar-refractivity contribution in [1.82, 2.24) is 15.3 Å². The molecule has 0 unspecified atom stereocenters. The number of halogens is 1. The number of carbonyl (C=O) groups excluding carboxylic acids is 1. The summed E-state index contributed by atoms with van der Waals surface area (Å²) in [4.78, 5) is 22.3. The van der Waals surface area contributed by atoms with Crippen molar-refractivity contribution in [1.29, 1.82) is 0 Å². The van der Waals surface area contributed by atoms with Crippen LogP contribution in [0.15, 0.2) is 24.5 Å². The minimum atomic E-state index is -0.396. The van der Waals surface area contributed by atoms with Gasteiger partial charge in [-0.25, -0.2) is 14.4 Å². The van der Waals surface area contributed by atoms with Crippen molar-refractivity contribution in [2.45, 2.75) is 33.3 Å². The molecule has 0 fully saturated rings. The molecular weight excluding hydrogens is 395 g/mol. The van der Waals surface area contributed by atoms with Gasteiger partial charge in [-0.1, -0.05) is 0 Å². The summed E-state index contributed by atoms with van der Waals surface area (Å²) in [5.41, 5.74) is 1.32. The van der Waals surface area contributed by atoms with E-state index in [1.807, 2.05) is 20.8 Å². The topological polar surface area (TPSA) is 96.4 Å². The molecule has 29 heavy (non-hydrogen) atoms. The number of hydrogen-bond acceptors (Lipinski definition) is 7. The van der Waals surface area contributed by atoms with E-state index < -0.39 is 5.82 Å². The lowest BCUT2D eigenvalue weighted by molar-refractivity contribution is 0.0954. The number of aromatic nitrogens is 2. The molecule has 3 N–H and O–H groups in total. The van der Waals surface area contributed by atoms with Gasteiger partial charge in [0.05, 0.1) is 22.1 Å². The Morgan fingerprint density at radius 2 is 2.14 bits per heavy atom. The lowest BCUT2D eigenvalue weighted by atomic mass is 10.2. The highest BCUT2D eigenvalue weighted by atomic mass is 32.1. The predicted molar refractivity (Wildman–Crippen MR) is 112 cm³/mol. The van der Waals surface area contributed by atoms with E-state index in [-0.39, 0.29) is 18.6 Å². The van der Waals surface area contributed by atoms with E-state index in [2.05, 4.69) is 20.6 Å². The lowest BCUT2D eigenvalue weighted by Crippen LogP contribution is -2.24. The van der Waals surface area contributed by atoms with Gasteiger partial charge in [0.25, 0.3) is 5.91 Å². The van der Waals surface area contributed by atoms with Crippen molar-refractivity contribution in [2.75, 3.05) is 18.5 Å². The normalized spacial score (nSPS) is 11.1. The number of anilines is 2. The molecule has 2 aromatic heterocycles. The Labute approximate surface area is 172 Å². The number of aryl methyl sites for hydroxylation is 1. The molecule has 2 heterocycles. The first-order valence-corrected chi connectivity index (χ1v) is 10.1. The van der Waals surface area contributed by atoms with Gasteiger partial charge in [-0.15, -0.1) is 11.3 Å². The van der Waals surface area contributed by atoms with E-state index >= 15 is 0 Å². The third-order valence-corrected chi connectivity index (χ3v) is 5.31. The zero-order valence-electron chi connectivity index (χ0n) is 16.5. The SMILES string of the molecule is Cc1c(C(=O)NCCCO)sc2ncnc(Nc3ccc(F)cc3OC(C)C)c12. The maximum Gasteiger partial charge on any atom is 0.261 e. The molecule has 0 bridgehead atoms. The van der Waals surface area contributed by atoms with Crippen LogP contribution in [0.4, 0.5) is 15.9 Å². The van der Waals surface area contributed by atoms with Crippen LogP contribution in [0.25, 0.3) is 10.2 Å². The number of benzene rings is 1. The number of aliphatic hydroxyl groups excluding tert-OH is 1. The monoisotopic (exact) mass is 418 g/mol. The molecule has 0 radical (unpaired) electrons. The molecule has 3 rings (SSSR count). The Hall–Kier alpha value is -2.78. The molecule has 0 atom stereocenters. The standard InChI is InChI=1S/C20H23FN4O3S/c1-11(2)28-15-9-13(21)5-6-14(15)25-18-16-12(3)17(19(27)22-7-4-8-26)29-20(16)24-10-23-18/h5-6,9-11,26H,4,7-8H2,1-3H3,(H,22,27)(H,23,24,25). The van der Waals surface area contributed by atoms with Gasteiger partial charge < -0.3 is 20.5 Å². The van der Waals surface area contributed by atoms with Crippen molar-refractivity contribution in [2.24, 2.45) is 0 Å². The second kappa shape index (κ2) is 9.15. The van der Waals surface area contributed by atoms with Crippen LogP contribution in [0.1, 0.15) is 35.5 Å². The number of nitrogens with one attached hydrogen (secondary N) is 2. The van der Waals surface area contributed by atoms with Crippen LogP contribution in [-0.2, 0) is 0 Å². The van der Waals surface area contributed by atoms with Gasteiger partial charge in [0.2, 0.25) is 0 Å². The van der Waals surface area contributed by atoms with E-state index in [0.717, 1.165) is 10.9 Å². The van der Waals surface area contributed by atoms with E-state index in [9.17, 15) is 9.18 Å². The van der Waals surface area contributed by atoms with Crippen molar-refractivity contribution in [3.8, 4) is 5.75 Å². The summed E-state index contributed by atoms with van der Waals surface area (Å²) < 4.78 is 19.4. The van der Waals surface area contributed by atoms with Gasteiger partial charge in [-0.2, -0.15) is 0 Å². The van der Waals surface area contributed by atoms with Gasteiger partial charge in [-0.3, -0.25) is 4.79 Å². The summed E-state index contributed by atoms with van der Waals surface area (Å²) in [5.74, 6) is 0.281. The average Bonchev–Trinajstić information content (AvgIpc) is 3.01. The molecule has 0 aliphatic heterocycles. The molecule has 7 nitrogen and oxygen atoms in total. The number of thiophene rings is 1. The van der Waals surface area contributed by atoms with Crippen LogP contribution in [0.3, 0.4) is 0 Å². The highest BCUT2D eigenvalue weighted by molar-refractivity contribution is 7.20. The minimum absolute atomic E-state index is 0.0175. The summed E-state index contributed by atoms with van der Waals surface area (Å²) in [6, 6.07) is 4.25. The molecule has 154 valence electrons. The van der Waals surface area contributed by atoms with Crippen LogP contribution in [0, 0.1) is 12.7 Å². The first kappa shape index (κ1) is 20.9. The molecule has 1 aromatic carbocycles. The van der Waals surface area contributed by atoms with Gasteiger partial charge in [0.15, 0.2) is 0 Å². The number of amides is 1. The van der Waals surface area contributed by atoms with Gasteiger partial charge >= 0.3 is 0 Å². The minimum Gasteiger partial charge on any atom is -0.489 e. The summed E-state index contributed by atoms with van der Waals surface area (Å²) in [6.45, 7) is 5.98. The van der Waals surface area contributed by atoms with Gasteiger partial charge in [-0.05, 0) is 44.9 Å². The second-order valence-corrected chi connectivity index (χ2v) is 7.72. The molecule has 0 saturated heterocycles. The Bertz CT molecular complexity index is 1020. The summed E-state index contributed by atoms with van der Waals surface area (Å²) in [6.07, 6.45) is 1.78.